The first-order valence-corrected chi connectivity index (χ1v) is 18.9. The molecule has 3 aromatic carbocycles. The van der Waals surface area contributed by atoms with Gasteiger partial charge in [0.15, 0.2) is 0 Å². The fraction of sp³-hybridized carbons (Fsp3) is 0.317. The summed E-state index contributed by atoms with van der Waals surface area (Å²) in [7, 11) is 1.64. The number of hydrogen-bond donors (Lipinski definition) is 1. The summed E-state index contributed by atoms with van der Waals surface area (Å²) in [6.07, 6.45) is -1.52. The molecule has 4 heterocycles. The van der Waals surface area contributed by atoms with Crippen molar-refractivity contribution in [3.8, 4) is 11.8 Å². The lowest BCUT2D eigenvalue weighted by molar-refractivity contribution is -0.123. The molecule has 2 aliphatic carbocycles. The van der Waals surface area contributed by atoms with Crippen molar-refractivity contribution in [2.24, 2.45) is 12.5 Å². The van der Waals surface area contributed by atoms with Crippen LogP contribution in [0.25, 0.3) is 33.1 Å². The number of carbonyl (C=O) groups is 1. The van der Waals surface area contributed by atoms with Gasteiger partial charge in [0.1, 0.15) is 40.8 Å². The van der Waals surface area contributed by atoms with Gasteiger partial charge in [-0.05, 0) is 72.9 Å². The van der Waals surface area contributed by atoms with Gasteiger partial charge in [-0.3, -0.25) is 23.5 Å². The standard InChI is InChI=1S/C41H31ClF6N8O3/c1-19-32-27(42)5-6-30(35(32)54(2)52-19)56-38(51-28-14-22(3-4-25(28)39(56)58)21-7-9-59-10-8-21)29(13-20-11-23(43)15-24(44)12-20)50-31(57)17-55-36-33(34(53-55)37(45)46)26-16-40(26,18-49)41(36,47)48/h3-7,11-12,14-15,26,29,37H,8-10,13,16-17H2,1-2H3,(H,50,57)/t26?,29-,40?/m0/s1. The van der Waals surface area contributed by atoms with Crippen LogP contribution in [0, 0.1) is 35.3 Å². The number of aromatic nitrogens is 6. The molecular formula is C41H31ClF6N8O3. The van der Waals surface area contributed by atoms with Crippen LogP contribution in [-0.4, -0.2) is 48.2 Å². The third-order valence-corrected chi connectivity index (χ3v) is 11.8. The first-order valence-electron chi connectivity index (χ1n) is 18.5. The number of nitriles is 1. The number of aryl methyl sites for hydroxylation is 2. The van der Waals surface area contributed by atoms with E-state index in [1.807, 2.05) is 6.08 Å². The Morgan fingerprint density at radius 3 is 2.58 bits per heavy atom. The molecule has 0 spiro atoms. The van der Waals surface area contributed by atoms with E-state index in [9.17, 15) is 32.4 Å². The van der Waals surface area contributed by atoms with Crippen molar-refractivity contribution in [2.75, 3.05) is 13.2 Å². The maximum Gasteiger partial charge on any atom is 0.308 e. The summed E-state index contributed by atoms with van der Waals surface area (Å²) in [6, 6.07) is 11.1. The molecule has 11 nitrogen and oxygen atoms in total. The van der Waals surface area contributed by atoms with Crippen LogP contribution in [0.3, 0.4) is 0 Å². The Hall–Kier alpha value is -5.99. The van der Waals surface area contributed by atoms with Crippen LogP contribution < -0.4 is 10.9 Å². The van der Waals surface area contributed by atoms with Crippen molar-refractivity contribution < 1.29 is 35.9 Å². The van der Waals surface area contributed by atoms with Gasteiger partial charge >= 0.3 is 5.92 Å². The minimum atomic E-state index is -3.90. The Labute approximate surface area is 335 Å². The van der Waals surface area contributed by atoms with Crippen LogP contribution in [0.5, 0.6) is 0 Å². The van der Waals surface area contributed by atoms with Crippen LogP contribution in [0.2, 0.25) is 5.02 Å². The SMILES string of the molecule is Cc1nn(C)c2c(-n3c([C@H](Cc4cc(F)cc(F)c4)NC(=O)Cn4nc(C(F)F)c5c4C(F)(F)C4(C#N)CC54)nc4cc(C5=CCOCC5)ccc4c3=O)ccc(Cl)c12. The molecule has 302 valence electrons. The highest BCUT2D eigenvalue weighted by atomic mass is 35.5. The number of alkyl halides is 4. The molecule has 1 fully saturated rings. The van der Waals surface area contributed by atoms with E-state index < -0.39 is 82.7 Å². The maximum absolute atomic E-state index is 15.9. The number of amides is 1. The fourth-order valence-corrected chi connectivity index (χ4v) is 9.04. The average molecular weight is 833 g/mol. The summed E-state index contributed by atoms with van der Waals surface area (Å²) in [5, 5.41) is 21.6. The van der Waals surface area contributed by atoms with E-state index >= 15 is 8.78 Å². The first-order chi connectivity index (χ1) is 28.1. The highest BCUT2D eigenvalue weighted by Crippen LogP contribution is 2.76. The highest BCUT2D eigenvalue weighted by Gasteiger charge is 2.79. The molecule has 3 aromatic heterocycles. The molecule has 1 aliphatic heterocycles. The van der Waals surface area contributed by atoms with Crippen LogP contribution >= 0.6 is 11.6 Å². The van der Waals surface area contributed by atoms with E-state index in [4.69, 9.17) is 21.3 Å². The van der Waals surface area contributed by atoms with Crippen molar-refractivity contribution in [1.82, 2.24) is 34.4 Å². The van der Waals surface area contributed by atoms with Gasteiger partial charge in [0.05, 0.1) is 58.1 Å². The zero-order valence-electron chi connectivity index (χ0n) is 31.2. The Morgan fingerprint density at radius 1 is 1.12 bits per heavy atom. The smallest absolute Gasteiger partial charge is 0.308 e. The molecule has 2 unspecified atom stereocenters. The van der Waals surface area contributed by atoms with E-state index in [0.29, 0.717) is 52.0 Å². The van der Waals surface area contributed by atoms with Gasteiger partial charge in [-0.1, -0.05) is 23.7 Å². The minimum absolute atomic E-state index is 0.0231. The predicted octanol–water partition coefficient (Wildman–Crippen LogP) is 7.65. The van der Waals surface area contributed by atoms with E-state index in [1.165, 1.54) is 9.25 Å². The number of nitrogens with one attached hydrogen (secondary N) is 1. The lowest BCUT2D eigenvalue weighted by Crippen LogP contribution is -2.38. The number of carbonyl (C=O) groups excluding carboxylic acids is 1. The molecule has 1 saturated carbocycles. The number of benzene rings is 3. The monoisotopic (exact) mass is 832 g/mol. The minimum Gasteiger partial charge on any atom is -0.377 e. The van der Waals surface area contributed by atoms with Crippen LogP contribution in [-0.2, 0) is 35.5 Å². The van der Waals surface area contributed by atoms with Crippen molar-refractivity contribution in [3.05, 3.63) is 121 Å². The van der Waals surface area contributed by atoms with Gasteiger partial charge in [-0.15, -0.1) is 0 Å². The predicted molar refractivity (Wildman–Crippen MR) is 202 cm³/mol. The molecule has 6 aromatic rings. The zero-order chi connectivity index (χ0) is 41.7. The Morgan fingerprint density at radius 2 is 1.88 bits per heavy atom. The van der Waals surface area contributed by atoms with Gasteiger partial charge < -0.3 is 10.1 Å². The molecule has 3 atom stereocenters. The topological polar surface area (TPSA) is 133 Å². The van der Waals surface area contributed by atoms with E-state index in [2.05, 4.69) is 15.5 Å². The van der Waals surface area contributed by atoms with Crippen molar-refractivity contribution in [3.63, 3.8) is 0 Å². The Bertz CT molecular complexity index is 2900. The van der Waals surface area contributed by atoms with Crippen LogP contribution in [0.15, 0.2) is 59.4 Å². The molecule has 0 saturated heterocycles. The van der Waals surface area contributed by atoms with E-state index in [0.717, 1.165) is 23.3 Å². The second-order valence-electron chi connectivity index (χ2n) is 15.0. The van der Waals surface area contributed by atoms with Crippen molar-refractivity contribution >= 4 is 44.9 Å². The Kier molecular flexibility index (Phi) is 9.01. The normalized spacial score (nSPS) is 19.7. The number of nitrogens with zero attached hydrogens (tertiary/aromatic N) is 7. The van der Waals surface area contributed by atoms with Crippen molar-refractivity contribution in [2.45, 2.75) is 57.0 Å². The quantitative estimate of drug-likeness (QED) is 0.148. The van der Waals surface area contributed by atoms with Gasteiger partial charge in [0, 0.05) is 36.4 Å². The van der Waals surface area contributed by atoms with Gasteiger partial charge in [-0.2, -0.15) is 24.2 Å². The number of hydrogen-bond acceptors (Lipinski definition) is 7. The van der Waals surface area contributed by atoms with E-state index in [-0.39, 0.29) is 34.4 Å². The number of halogens is 7. The second-order valence-corrected chi connectivity index (χ2v) is 15.4. The lowest BCUT2D eigenvalue weighted by Gasteiger charge is -2.24. The van der Waals surface area contributed by atoms with Gasteiger partial charge in [0.25, 0.3) is 12.0 Å². The maximum atomic E-state index is 15.9. The zero-order valence-corrected chi connectivity index (χ0v) is 31.9. The number of rotatable bonds is 9. The third-order valence-electron chi connectivity index (χ3n) is 11.5. The highest BCUT2D eigenvalue weighted by molar-refractivity contribution is 6.36. The largest absolute Gasteiger partial charge is 0.377 e. The summed E-state index contributed by atoms with van der Waals surface area (Å²) in [5.41, 5.74) is -2.09. The Balaban J connectivity index is 1.23. The number of ether oxygens (including phenoxy) is 1. The molecular weight excluding hydrogens is 802 g/mol. The molecule has 0 radical (unpaired) electrons. The molecule has 0 bridgehead atoms. The molecule has 18 heteroatoms. The molecule has 3 aliphatic rings. The average Bonchev–Trinajstić information content (AvgIpc) is 3.63. The van der Waals surface area contributed by atoms with Crippen molar-refractivity contribution in [1.29, 1.82) is 5.26 Å². The summed E-state index contributed by atoms with van der Waals surface area (Å²) in [5.74, 6) is -8.13. The molecule has 59 heavy (non-hydrogen) atoms. The summed E-state index contributed by atoms with van der Waals surface area (Å²) in [6.45, 7) is 1.56. The van der Waals surface area contributed by atoms with E-state index in [1.54, 1.807) is 50.4 Å². The second kappa shape index (κ2) is 13.8. The first kappa shape index (κ1) is 38.5. The molecule has 1 N–H and O–H groups in total. The van der Waals surface area contributed by atoms with Gasteiger partial charge in [-0.25, -0.2) is 22.5 Å². The van der Waals surface area contributed by atoms with Crippen LogP contribution in [0.4, 0.5) is 26.3 Å². The van der Waals surface area contributed by atoms with Crippen LogP contribution in [0.1, 0.15) is 70.8 Å². The lowest BCUT2D eigenvalue weighted by atomic mass is 9.99. The summed E-state index contributed by atoms with van der Waals surface area (Å²) in [4.78, 5) is 34.0. The fourth-order valence-electron chi connectivity index (χ4n) is 8.75. The van der Waals surface area contributed by atoms with Gasteiger partial charge in [0.2, 0.25) is 5.91 Å². The third kappa shape index (κ3) is 6.02. The molecule has 1 amide bonds. The number of fused-ring (bicyclic) bond motifs is 5. The molecule has 9 rings (SSSR count). The summed E-state index contributed by atoms with van der Waals surface area (Å²) >= 11 is 6.63. The summed E-state index contributed by atoms with van der Waals surface area (Å²) < 4.78 is 98.3.